The Morgan fingerprint density at radius 1 is 1.22 bits per heavy atom. The lowest BCUT2D eigenvalue weighted by atomic mass is 9.94. The van der Waals surface area contributed by atoms with Crippen LogP contribution in [-0.4, -0.2) is 81.2 Å². The van der Waals surface area contributed by atoms with Crippen LogP contribution in [0, 0.1) is 0 Å². The van der Waals surface area contributed by atoms with Crippen molar-refractivity contribution in [1.29, 1.82) is 0 Å². The molecule has 2 saturated heterocycles. The zero-order valence-corrected chi connectivity index (χ0v) is 16.4. The maximum absolute atomic E-state index is 12.9. The molecule has 0 saturated carbocycles. The number of carbonyl (C=O) groups excluding carboxylic acids is 2. The maximum Gasteiger partial charge on any atom is 0.236 e. The van der Waals surface area contributed by atoms with Crippen LogP contribution in [0.25, 0.3) is 0 Å². The Bertz CT molecular complexity index is 737. The number of fused-ring (bicyclic) bond motifs is 2. The van der Waals surface area contributed by atoms with Crippen molar-refractivity contribution in [1.82, 2.24) is 24.7 Å². The molecule has 27 heavy (non-hydrogen) atoms. The summed E-state index contributed by atoms with van der Waals surface area (Å²) in [6, 6.07) is 1.19. The average Bonchev–Trinajstić information content (AvgIpc) is 2.67. The molecule has 3 aliphatic rings. The quantitative estimate of drug-likeness (QED) is 0.742. The number of rotatable bonds is 3. The Labute approximate surface area is 160 Å². The first-order chi connectivity index (χ1) is 13.0. The largest absolute Gasteiger partial charge is 0.339 e. The number of piperazine rings is 1. The Balaban J connectivity index is 1.35. The van der Waals surface area contributed by atoms with Crippen molar-refractivity contribution in [3.8, 4) is 0 Å². The lowest BCUT2D eigenvalue weighted by Gasteiger charge is -2.47. The lowest BCUT2D eigenvalue weighted by Crippen LogP contribution is -2.59. The summed E-state index contributed by atoms with van der Waals surface area (Å²) in [6.07, 6.45) is 6.28. The van der Waals surface area contributed by atoms with Crippen LogP contribution < -0.4 is 0 Å². The second-order valence-corrected chi connectivity index (χ2v) is 8.19. The molecule has 7 heteroatoms. The van der Waals surface area contributed by atoms with Gasteiger partial charge in [0.1, 0.15) is 0 Å². The normalized spacial score (nSPS) is 26.4. The van der Waals surface area contributed by atoms with Gasteiger partial charge >= 0.3 is 0 Å². The van der Waals surface area contributed by atoms with Crippen LogP contribution in [-0.2, 0) is 17.8 Å². The van der Waals surface area contributed by atoms with Crippen molar-refractivity contribution < 1.29 is 9.59 Å². The smallest absolute Gasteiger partial charge is 0.236 e. The van der Waals surface area contributed by atoms with Crippen molar-refractivity contribution in [2.24, 2.45) is 0 Å². The van der Waals surface area contributed by atoms with E-state index >= 15 is 0 Å². The summed E-state index contributed by atoms with van der Waals surface area (Å²) in [5.41, 5.74) is 1.98. The standard InChI is InChI=1S/C20H29N5O2/c1-14-4-3-5-17-12-24(8-9-25(14)17)19(27)13-23-7-6-18-16(11-23)10-21-20(22-18)15(2)26/h10,14,17H,3-9,11-13H2,1-2H3. The zero-order chi connectivity index (χ0) is 19.0. The van der Waals surface area contributed by atoms with Crippen molar-refractivity contribution in [2.45, 2.75) is 58.2 Å². The Morgan fingerprint density at radius 3 is 2.89 bits per heavy atom. The highest BCUT2D eigenvalue weighted by Gasteiger charge is 2.34. The molecule has 1 aromatic heterocycles. The van der Waals surface area contributed by atoms with Gasteiger partial charge in [-0.2, -0.15) is 0 Å². The van der Waals surface area contributed by atoms with Gasteiger partial charge in [-0.05, 0) is 19.8 Å². The van der Waals surface area contributed by atoms with E-state index in [1.54, 1.807) is 6.20 Å². The van der Waals surface area contributed by atoms with Crippen LogP contribution in [0.3, 0.4) is 0 Å². The summed E-state index contributed by atoms with van der Waals surface area (Å²) < 4.78 is 0. The van der Waals surface area contributed by atoms with Gasteiger partial charge in [-0.3, -0.25) is 19.4 Å². The number of Topliss-reactive ketones (excluding diaryl/α,β-unsaturated/α-hetero) is 1. The van der Waals surface area contributed by atoms with Crippen molar-refractivity contribution >= 4 is 11.7 Å². The van der Waals surface area contributed by atoms with Crippen molar-refractivity contribution in [2.75, 3.05) is 32.7 Å². The predicted octanol–water partition coefficient (Wildman–Crippen LogP) is 1.12. The van der Waals surface area contributed by atoms with Gasteiger partial charge in [-0.25, -0.2) is 9.97 Å². The van der Waals surface area contributed by atoms with Crippen LogP contribution in [0.2, 0.25) is 0 Å². The van der Waals surface area contributed by atoms with Gasteiger partial charge in [-0.1, -0.05) is 6.42 Å². The monoisotopic (exact) mass is 371 g/mol. The van der Waals surface area contributed by atoms with E-state index in [2.05, 4.69) is 31.6 Å². The van der Waals surface area contributed by atoms with Gasteiger partial charge in [0.2, 0.25) is 5.91 Å². The molecule has 3 aliphatic heterocycles. The first kappa shape index (κ1) is 18.5. The summed E-state index contributed by atoms with van der Waals surface area (Å²) in [5.74, 6) is 0.419. The molecule has 2 atom stereocenters. The van der Waals surface area contributed by atoms with Crippen LogP contribution in [0.4, 0.5) is 0 Å². The topological polar surface area (TPSA) is 69.6 Å². The molecule has 7 nitrogen and oxygen atoms in total. The third kappa shape index (κ3) is 3.89. The first-order valence-corrected chi connectivity index (χ1v) is 10.1. The third-order valence-electron chi connectivity index (χ3n) is 6.29. The van der Waals surface area contributed by atoms with Crippen LogP contribution in [0.5, 0.6) is 0 Å². The molecule has 4 heterocycles. The molecule has 2 fully saturated rings. The highest BCUT2D eigenvalue weighted by Crippen LogP contribution is 2.26. The van der Waals surface area contributed by atoms with Gasteiger partial charge in [0.25, 0.3) is 0 Å². The number of piperidine rings is 1. The minimum Gasteiger partial charge on any atom is -0.339 e. The van der Waals surface area contributed by atoms with Crippen molar-refractivity contribution in [3.05, 3.63) is 23.3 Å². The van der Waals surface area contributed by atoms with Gasteiger partial charge in [0.05, 0.1) is 12.2 Å². The van der Waals surface area contributed by atoms with Gasteiger partial charge in [0, 0.05) is 69.9 Å². The molecule has 1 aromatic rings. The molecule has 0 aromatic carbocycles. The predicted molar refractivity (Wildman–Crippen MR) is 101 cm³/mol. The molecule has 4 rings (SSSR count). The molecule has 0 radical (unpaired) electrons. The fourth-order valence-electron chi connectivity index (χ4n) is 4.72. The molecule has 2 unspecified atom stereocenters. The fourth-order valence-corrected chi connectivity index (χ4v) is 4.72. The summed E-state index contributed by atoms with van der Waals surface area (Å²) in [6.45, 7) is 8.45. The number of ketones is 1. The molecule has 146 valence electrons. The SMILES string of the molecule is CC(=O)c1ncc2c(n1)CCN(CC(=O)N1CCN3C(C)CCCC3C1)C2. The van der Waals surface area contributed by atoms with Crippen LogP contribution in [0.1, 0.15) is 55.0 Å². The number of aromatic nitrogens is 2. The fraction of sp³-hybridized carbons (Fsp3) is 0.700. The van der Waals surface area contributed by atoms with Crippen LogP contribution >= 0.6 is 0 Å². The Morgan fingerprint density at radius 2 is 2.07 bits per heavy atom. The third-order valence-corrected chi connectivity index (χ3v) is 6.29. The lowest BCUT2D eigenvalue weighted by molar-refractivity contribution is -0.137. The van der Waals surface area contributed by atoms with Gasteiger partial charge in [0.15, 0.2) is 11.6 Å². The zero-order valence-electron chi connectivity index (χ0n) is 16.4. The second kappa shape index (κ2) is 7.64. The average molecular weight is 371 g/mol. The summed E-state index contributed by atoms with van der Waals surface area (Å²) in [5, 5.41) is 0. The van der Waals surface area contributed by atoms with E-state index in [1.165, 1.54) is 26.2 Å². The van der Waals surface area contributed by atoms with Gasteiger partial charge in [-0.15, -0.1) is 0 Å². The van der Waals surface area contributed by atoms with E-state index in [0.717, 1.165) is 43.9 Å². The molecule has 0 bridgehead atoms. The number of hydrogen-bond acceptors (Lipinski definition) is 6. The summed E-state index contributed by atoms with van der Waals surface area (Å²) in [7, 11) is 0. The number of hydrogen-bond donors (Lipinski definition) is 0. The summed E-state index contributed by atoms with van der Waals surface area (Å²) >= 11 is 0. The molecule has 1 amide bonds. The van der Waals surface area contributed by atoms with Crippen LogP contribution in [0.15, 0.2) is 6.20 Å². The van der Waals surface area contributed by atoms with Gasteiger partial charge < -0.3 is 4.90 Å². The van der Waals surface area contributed by atoms with E-state index in [0.29, 0.717) is 25.2 Å². The Kier molecular flexibility index (Phi) is 5.23. The van der Waals surface area contributed by atoms with E-state index in [1.807, 2.05) is 0 Å². The number of carbonyl (C=O) groups is 2. The molecular weight excluding hydrogens is 342 g/mol. The highest BCUT2D eigenvalue weighted by molar-refractivity contribution is 5.90. The molecule has 0 N–H and O–H groups in total. The summed E-state index contributed by atoms with van der Waals surface area (Å²) in [4.78, 5) is 39.7. The highest BCUT2D eigenvalue weighted by atomic mass is 16.2. The first-order valence-electron chi connectivity index (χ1n) is 10.1. The number of nitrogens with zero attached hydrogens (tertiary/aromatic N) is 5. The molecule has 0 spiro atoms. The van der Waals surface area contributed by atoms with E-state index < -0.39 is 0 Å². The van der Waals surface area contributed by atoms with E-state index in [-0.39, 0.29) is 17.5 Å². The molecular formula is C20H29N5O2. The Hall–Kier alpha value is -1.86. The van der Waals surface area contributed by atoms with Crippen molar-refractivity contribution in [3.63, 3.8) is 0 Å². The minimum atomic E-state index is -0.105. The van der Waals surface area contributed by atoms with E-state index in [4.69, 9.17) is 0 Å². The maximum atomic E-state index is 12.9. The molecule has 0 aliphatic carbocycles. The minimum absolute atomic E-state index is 0.105. The second-order valence-electron chi connectivity index (χ2n) is 8.19. The number of amides is 1. The van der Waals surface area contributed by atoms with E-state index in [9.17, 15) is 9.59 Å².